The maximum absolute atomic E-state index is 12.0. The van der Waals surface area contributed by atoms with Gasteiger partial charge in [0.1, 0.15) is 4.47 Å². The van der Waals surface area contributed by atoms with Crippen LogP contribution in [0, 0.1) is 0 Å². The van der Waals surface area contributed by atoms with E-state index in [2.05, 4.69) is 42.3 Å². The maximum atomic E-state index is 12.0. The Labute approximate surface area is 134 Å². The van der Waals surface area contributed by atoms with Crippen LogP contribution in [0.25, 0.3) is 0 Å². The Morgan fingerprint density at radius 1 is 1.40 bits per heavy atom. The van der Waals surface area contributed by atoms with Crippen molar-refractivity contribution in [2.75, 3.05) is 5.32 Å². The molecular formula is C14H15Br2N3O. The third-order valence-corrected chi connectivity index (χ3v) is 4.26. The molecule has 0 spiro atoms. The van der Waals surface area contributed by atoms with Gasteiger partial charge in [0.05, 0.1) is 11.9 Å². The molecule has 4 nitrogen and oxygen atoms in total. The molecule has 2 rings (SSSR count). The van der Waals surface area contributed by atoms with E-state index >= 15 is 0 Å². The van der Waals surface area contributed by atoms with Gasteiger partial charge in [-0.3, -0.25) is 4.79 Å². The SMILES string of the molecule is CCn1ncc(NC(C)c2cccc(Br)c2)c(Br)c1=O. The van der Waals surface area contributed by atoms with Crippen molar-refractivity contribution in [1.82, 2.24) is 9.78 Å². The molecule has 0 saturated carbocycles. The first kappa shape index (κ1) is 15.3. The normalized spacial score (nSPS) is 12.2. The predicted molar refractivity (Wildman–Crippen MR) is 88.1 cm³/mol. The number of aromatic nitrogens is 2. The molecule has 0 aliphatic rings. The van der Waals surface area contributed by atoms with Gasteiger partial charge in [0.15, 0.2) is 0 Å². The Bertz CT molecular complexity index is 670. The van der Waals surface area contributed by atoms with Gasteiger partial charge in [-0.1, -0.05) is 28.1 Å². The van der Waals surface area contributed by atoms with Gasteiger partial charge in [-0.2, -0.15) is 5.10 Å². The van der Waals surface area contributed by atoms with Crippen LogP contribution in [-0.2, 0) is 6.54 Å². The van der Waals surface area contributed by atoms with E-state index in [1.54, 1.807) is 6.20 Å². The number of nitrogens with one attached hydrogen (secondary N) is 1. The number of aryl methyl sites for hydroxylation is 1. The van der Waals surface area contributed by atoms with Gasteiger partial charge in [0.25, 0.3) is 5.56 Å². The summed E-state index contributed by atoms with van der Waals surface area (Å²) >= 11 is 6.80. The summed E-state index contributed by atoms with van der Waals surface area (Å²) in [6.45, 7) is 4.48. The average molecular weight is 401 g/mol. The molecule has 2 aromatic rings. The van der Waals surface area contributed by atoms with Crippen LogP contribution >= 0.6 is 31.9 Å². The summed E-state index contributed by atoms with van der Waals surface area (Å²) in [5, 5.41) is 7.43. The van der Waals surface area contributed by atoms with E-state index < -0.39 is 0 Å². The number of nitrogens with zero attached hydrogens (tertiary/aromatic N) is 2. The van der Waals surface area contributed by atoms with Crippen LogP contribution in [0.1, 0.15) is 25.5 Å². The zero-order chi connectivity index (χ0) is 14.7. The van der Waals surface area contributed by atoms with Crippen molar-refractivity contribution in [3.63, 3.8) is 0 Å². The average Bonchev–Trinajstić information content (AvgIpc) is 2.44. The van der Waals surface area contributed by atoms with Crippen molar-refractivity contribution < 1.29 is 0 Å². The van der Waals surface area contributed by atoms with Gasteiger partial charge in [0, 0.05) is 17.1 Å². The number of hydrogen-bond donors (Lipinski definition) is 1. The fraction of sp³-hybridized carbons (Fsp3) is 0.286. The molecule has 106 valence electrons. The molecule has 1 aromatic heterocycles. The first-order valence-electron chi connectivity index (χ1n) is 6.30. The zero-order valence-corrected chi connectivity index (χ0v) is 14.4. The zero-order valence-electron chi connectivity index (χ0n) is 11.2. The maximum Gasteiger partial charge on any atom is 0.283 e. The second-order valence-electron chi connectivity index (χ2n) is 4.41. The van der Waals surface area contributed by atoms with Crippen LogP contribution < -0.4 is 10.9 Å². The number of hydrogen-bond acceptors (Lipinski definition) is 3. The minimum Gasteiger partial charge on any atom is -0.376 e. The van der Waals surface area contributed by atoms with Crippen LogP contribution in [0.15, 0.2) is 44.2 Å². The highest BCUT2D eigenvalue weighted by Gasteiger charge is 2.11. The number of benzene rings is 1. The Morgan fingerprint density at radius 3 is 2.80 bits per heavy atom. The highest BCUT2D eigenvalue weighted by atomic mass is 79.9. The molecule has 1 atom stereocenters. The Balaban J connectivity index is 2.26. The number of halogens is 2. The molecule has 0 bridgehead atoms. The number of anilines is 1. The van der Waals surface area contributed by atoms with Crippen LogP contribution in [0.5, 0.6) is 0 Å². The highest BCUT2D eigenvalue weighted by Crippen LogP contribution is 2.24. The van der Waals surface area contributed by atoms with E-state index in [0.717, 1.165) is 10.0 Å². The second kappa shape index (κ2) is 6.54. The molecule has 20 heavy (non-hydrogen) atoms. The van der Waals surface area contributed by atoms with Crippen LogP contribution in [0.3, 0.4) is 0 Å². The molecule has 0 saturated heterocycles. The van der Waals surface area contributed by atoms with Crippen molar-refractivity contribution in [3.8, 4) is 0 Å². The summed E-state index contributed by atoms with van der Waals surface area (Å²) in [6, 6.07) is 8.13. The number of rotatable bonds is 4. The minimum absolute atomic E-state index is 0.0717. The summed E-state index contributed by atoms with van der Waals surface area (Å²) in [7, 11) is 0. The molecule has 6 heteroatoms. The molecule has 0 radical (unpaired) electrons. The molecule has 0 fully saturated rings. The van der Waals surface area contributed by atoms with E-state index in [-0.39, 0.29) is 11.6 Å². The van der Waals surface area contributed by atoms with Gasteiger partial charge < -0.3 is 5.32 Å². The van der Waals surface area contributed by atoms with E-state index in [4.69, 9.17) is 0 Å². The Hall–Kier alpha value is -1.14. The molecule has 0 aliphatic carbocycles. The molecule has 1 unspecified atom stereocenters. The van der Waals surface area contributed by atoms with E-state index in [0.29, 0.717) is 16.7 Å². The van der Waals surface area contributed by atoms with E-state index in [9.17, 15) is 4.79 Å². The first-order chi connectivity index (χ1) is 9.52. The van der Waals surface area contributed by atoms with Crippen molar-refractivity contribution in [1.29, 1.82) is 0 Å². The topological polar surface area (TPSA) is 46.9 Å². The van der Waals surface area contributed by atoms with Crippen molar-refractivity contribution in [2.45, 2.75) is 26.4 Å². The second-order valence-corrected chi connectivity index (χ2v) is 6.12. The van der Waals surface area contributed by atoms with Crippen molar-refractivity contribution in [3.05, 3.63) is 55.3 Å². The van der Waals surface area contributed by atoms with Gasteiger partial charge in [-0.15, -0.1) is 0 Å². The standard InChI is InChI=1S/C14H15Br2N3O/c1-3-19-14(20)13(16)12(8-17-19)18-9(2)10-5-4-6-11(15)7-10/h4-9,18H,3H2,1-2H3. The summed E-state index contributed by atoms with van der Waals surface area (Å²) < 4.78 is 2.96. The molecule has 1 aromatic carbocycles. The molecule has 0 aliphatic heterocycles. The largest absolute Gasteiger partial charge is 0.376 e. The van der Waals surface area contributed by atoms with Gasteiger partial charge in [0.2, 0.25) is 0 Å². The smallest absolute Gasteiger partial charge is 0.283 e. The lowest BCUT2D eigenvalue weighted by Crippen LogP contribution is -2.24. The van der Waals surface area contributed by atoms with Crippen LogP contribution in [0.2, 0.25) is 0 Å². The minimum atomic E-state index is -0.126. The van der Waals surface area contributed by atoms with E-state index in [1.165, 1.54) is 4.68 Å². The lowest BCUT2D eigenvalue weighted by molar-refractivity contribution is 0.612. The van der Waals surface area contributed by atoms with Gasteiger partial charge >= 0.3 is 0 Å². The predicted octanol–water partition coefficient (Wildman–Crippen LogP) is 3.96. The summed E-state index contributed by atoms with van der Waals surface area (Å²) in [6.07, 6.45) is 1.67. The lowest BCUT2D eigenvalue weighted by Gasteiger charge is -2.17. The van der Waals surface area contributed by atoms with Crippen LogP contribution in [0.4, 0.5) is 5.69 Å². The molecular weight excluding hydrogens is 386 g/mol. The third-order valence-electron chi connectivity index (χ3n) is 3.01. The van der Waals surface area contributed by atoms with Crippen LogP contribution in [-0.4, -0.2) is 9.78 Å². The molecule has 1 heterocycles. The quantitative estimate of drug-likeness (QED) is 0.844. The van der Waals surface area contributed by atoms with Gasteiger partial charge in [-0.25, -0.2) is 4.68 Å². The summed E-state index contributed by atoms with van der Waals surface area (Å²) in [4.78, 5) is 12.0. The highest BCUT2D eigenvalue weighted by molar-refractivity contribution is 9.10. The molecule has 1 N–H and O–H groups in total. The van der Waals surface area contributed by atoms with E-state index in [1.807, 2.05) is 38.1 Å². The fourth-order valence-electron chi connectivity index (χ4n) is 1.88. The Kier molecular flexibility index (Phi) is 4.99. The summed E-state index contributed by atoms with van der Waals surface area (Å²) in [5.41, 5.74) is 1.71. The summed E-state index contributed by atoms with van der Waals surface area (Å²) in [5.74, 6) is 0. The lowest BCUT2D eigenvalue weighted by atomic mass is 10.1. The molecule has 0 amide bonds. The third kappa shape index (κ3) is 3.30. The van der Waals surface area contributed by atoms with Gasteiger partial charge in [-0.05, 0) is 47.5 Å². The fourth-order valence-corrected chi connectivity index (χ4v) is 2.72. The van der Waals surface area contributed by atoms with Crippen molar-refractivity contribution in [2.24, 2.45) is 0 Å². The monoisotopic (exact) mass is 399 g/mol. The van der Waals surface area contributed by atoms with Crippen molar-refractivity contribution >= 4 is 37.5 Å². The Morgan fingerprint density at radius 2 is 2.15 bits per heavy atom. The first-order valence-corrected chi connectivity index (χ1v) is 7.89.